The van der Waals surface area contributed by atoms with Crippen LogP contribution in [0.25, 0.3) is 0 Å². The van der Waals surface area contributed by atoms with Crippen LogP contribution in [0.15, 0.2) is 70.1 Å². The van der Waals surface area contributed by atoms with Gasteiger partial charge in [-0.3, -0.25) is 4.99 Å². The van der Waals surface area contributed by atoms with Gasteiger partial charge in [0, 0.05) is 21.0 Å². The highest BCUT2D eigenvalue weighted by atomic mass is 127. The van der Waals surface area contributed by atoms with E-state index in [1.807, 2.05) is 30.5 Å². The smallest absolute Gasteiger partial charge is 0.134 e. The van der Waals surface area contributed by atoms with Crippen molar-refractivity contribution in [2.75, 3.05) is 11.6 Å². The van der Waals surface area contributed by atoms with Crippen LogP contribution in [0, 0.1) is 9.39 Å². The van der Waals surface area contributed by atoms with Crippen molar-refractivity contribution in [2.24, 2.45) is 4.99 Å². The summed E-state index contributed by atoms with van der Waals surface area (Å²) in [6.07, 6.45) is 1.92. The lowest BCUT2D eigenvalue weighted by atomic mass is 10.1. The molecule has 1 aliphatic rings. The van der Waals surface area contributed by atoms with E-state index in [0.717, 1.165) is 27.0 Å². The minimum Gasteiger partial charge on any atom is -0.488 e. The number of fused-ring (bicyclic) bond motifs is 1. The Bertz CT molecular complexity index is 1020. The predicted octanol–water partition coefficient (Wildman–Crippen LogP) is 6.30. The molecular formula is C21H15BrFIN2O. The Kier molecular flexibility index (Phi) is 5.45. The van der Waals surface area contributed by atoms with Gasteiger partial charge in [0.15, 0.2) is 0 Å². The average Bonchev–Trinajstić information content (AvgIpc) is 2.66. The molecule has 0 N–H and O–H groups in total. The van der Waals surface area contributed by atoms with Crippen molar-refractivity contribution in [3.63, 3.8) is 0 Å². The Morgan fingerprint density at radius 2 is 2.00 bits per heavy atom. The fourth-order valence-corrected chi connectivity index (χ4v) is 3.95. The molecule has 0 unspecified atom stereocenters. The van der Waals surface area contributed by atoms with Crippen molar-refractivity contribution in [1.29, 1.82) is 0 Å². The Balaban J connectivity index is 1.55. The molecule has 0 bridgehead atoms. The molecule has 136 valence electrons. The van der Waals surface area contributed by atoms with Crippen molar-refractivity contribution < 1.29 is 9.13 Å². The van der Waals surface area contributed by atoms with Crippen LogP contribution in [0.2, 0.25) is 0 Å². The van der Waals surface area contributed by atoms with Crippen LogP contribution in [0.4, 0.5) is 15.8 Å². The topological polar surface area (TPSA) is 24.8 Å². The number of benzene rings is 3. The van der Waals surface area contributed by atoms with Gasteiger partial charge >= 0.3 is 0 Å². The number of rotatable bonds is 4. The van der Waals surface area contributed by atoms with Gasteiger partial charge in [-0.25, -0.2) is 4.39 Å². The summed E-state index contributed by atoms with van der Waals surface area (Å²) in [6.45, 7) is 0.883. The lowest BCUT2D eigenvalue weighted by Crippen LogP contribution is -2.22. The third-order valence-corrected chi connectivity index (χ3v) is 5.54. The maximum atomic E-state index is 13.3. The summed E-state index contributed by atoms with van der Waals surface area (Å²) in [5.74, 6) is 0.454. The fraction of sp³-hybridized carbons (Fsp3) is 0.0952. The highest BCUT2D eigenvalue weighted by molar-refractivity contribution is 14.1. The highest BCUT2D eigenvalue weighted by Gasteiger charge is 2.17. The molecule has 0 saturated heterocycles. The number of nitrogens with zero attached hydrogens (tertiary/aromatic N) is 2. The van der Waals surface area contributed by atoms with E-state index >= 15 is 0 Å². The molecule has 0 amide bonds. The van der Waals surface area contributed by atoms with Crippen LogP contribution < -0.4 is 9.64 Å². The molecule has 3 nitrogen and oxygen atoms in total. The van der Waals surface area contributed by atoms with E-state index in [1.165, 1.54) is 15.7 Å². The molecule has 0 aliphatic carbocycles. The van der Waals surface area contributed by atoms with Crippen molar-refractivity contribution in [2.45, 2.75) is 6.61 Å². The summed E-state index contributed by atoms with van der Waals surface area (Å²) >= 11 is 5.89. The number of hydrogen-bond donors (Lipinski definition) is 0. The lowest BCUT2D eigenvalue weighted by Gasteiger charge is -2.28. The monoisotopic (exact) mass is 536 g/mol. The molecule has 0 aromatic heterocycles. The zero-order valence-electron chi connectivity index (χ0n) is 14.2. The number of ether oxygens (including phenoxy) is 1. The Morgan fingerprint density at radius 1 is 1.11 bits per heavy atom. The molecule has 3 aromatic rings. The molecule has 3 aromatic carbocycles. The largest absolute Gasteiger partial charge is 0.488 e. The maximum absolute atomic E-state index is 13.3. The minimum atomic E-state index is -0.260. The van der Waals surface area contributed by atoms with Gasteiger partial charge in [-0.05, 0) is 92.6 Å². The third kappa shape index (κ3) is 4.16. The SMILES string of the molecule is Fc1cccc(COc2ccc(N3CN=Cc4cc(I)ccc43)cc2Br)c1. The standard InChI is InChI=1S/C21H15BrFIN2O/c22-19-10-18(26-13-25-11-15-9-17(24)4-6-20(15)26)5-7-21(19)27-12-14-2-1-3-16(23)8-14/h1-11H,12-13H2. The molecule has 6 heteroatoms. The van der Waals surface area contributed by atoms with Gasteiger partial charge in [-0.15, -0.1) is 0 Å². The first-order valence-corrected chi connectivity index (χ1v) is 10.2. The molecule has 0 fully saturated rings. The normalized spacial score (nSPS) is 12.8. The average molecular weight is 537 g/mol. The minimum absolute atomic E-state index is 0.260. The first kappa shape index (κ1) is 18.4. The van der Waals surface area contributed by atoms with Crippen LogP contribution in [0.1, 0.15) is 11.1 Å². The van der Waals surface area contributed by atoms with E-state index in [1.54, 1.807) is 6.07 Å². The summed E-state index contributed by atoms with van der Waals surface area (Å²) in [5, 5.41) is 0. The quantitative estimate of drug-likeness (QED) is 0.365. The molecule has 27 heavy (non-hydrogen) atoms. The van der Waals surface area contributed by atoms with Crippen molar-refractivity contribution in [3.8, 4) is 5.75 Å². The zero-order chi connectivity index (χ0) is 18.8. The highest BCUT2D eigenvalue weighted by Crippen LogP contribution is 2.36. The van der Waals surface area contributed by atoms with Gasteiger partial charge in [-0.1, -0.05) is 12.1 Å². The number of anilines is 2. The van der Waals surface area contributed by atoms with Gasteiger partial charge in [0.05, 0.1) is 10.2 Å². The Labute approximate surface area is 179 Å². The number of aliphatic imine (C=N–C) groups is 1. The van der Waals surface area contributed by atoms with E-state index in [0.29, 0.717) is 19.0 Å². The second-order valence-corrected chi connectivity index (χ2v) is 8.22. The summed E-state index contributed by atoms with van der Waals surface area (Å²) < 4.78 is 21.2. The van der Waals surface area contributed by atoms with Crippen LogP contribution in [0.5, 0.6) is 5.75 Å². The fourth-order valence-electron chi connectivity index (χ4n) is 2.95. The van der Waals surface area contributed by atoms with E-state index < -0.39 is 0 Å². The third-order valence-electron chi connectivity index (χ3n) is 4.24. The van der Waals surface area contributed by atoms with E-state index in [-0.39, 0.29) is 5.82 Å². The molecule has 0 spiro atoms. The van der Waals surface area contributed by atoms with Crippen molar-refractivity contribution in [3.05, 3.63) is 85.7 Å². The molecular weight excluding hydrogens is 522 g/mol. The molecule has 1 aliphatic heterocycles. The van der Waals surface area contributed by atoms with Gasteiger partial charge in [0.2, 0.25) is 0 Å². The Morgan fingerprint density at radius 3 is 2.81 bits per heavy atom. The number of hydrogen-bond acceptors (Lipinski definition) is 3. The molecule has 0 atom stereocenters. The summed E-state index contributed by atoms with van der Waals surface area (Å²) in [6, 6.07) is 18.7. The van der Waals surface area contributed by atoms with Crippen LogP contribution in [-0.4, -0.2) is 12.9 Å². The van der Waals surface area contributed by atoms with E-state index in [9.17, 15) is 4.39 Å². The van der Waals surface area contributed by atoms with Crippen LogP contribution in [0.3, 0.4) is 0 Å². The van der Waals surface area contributed by atoms with E-state index in [2.05, 4.69) is 66.6 Å². The van der Waals surface area contributed by atoms with Gasteiger partial charge in [-0.2, -0.15) is 0 Å². The molecule has 0 saturated carbocycles. The van der Waals surface area contributed by atoms with Crippen LogP contribution >= 0.6 is 38.5 Å². The molecule has 1 heterocycles. The molecule has 0 radical (unpaired) electrons. The second-order valence-electron chi connectivity index (χ2n) is 6.12. The van der Waals surface area contributed by atoms with Crippen LogP contribution in [-0.2, 0) is 6.61 Å². The Hall–Kier alpha value is -1.93. The lowest BCUT2D eigenvalue weighted by molar-refractivity contribution is 0.303. The summed E-state index contributed by atoms with van der Waals surface area (Å²) in [5.41, 5.74) is 4.06. The summed E-state index contributed by atoms with van der Waals surface area (Å²) in [4.78, 5) is 6.63. The first-order chi connectivity index (χ1) is 13.1. The predicted molar refractivity (Wildman–Crippen MR) is 119 cm³/mol. The van der Waals surface area contributed by atoms with Gasteiger partial charge in [0.1, 0.15) is 24.8 Å². The first-order valence-electron chi connectivity index (χ1n) is 8.34. The van der Waals surface area contributed by atoms with Crippen molar-refractivity contribution in [1.82, 2.24) is 0 Å². The molecule has 4 rings (SSSR count). The summed E-state index contributed by atoms with van der Waals surface area (Å²) in [7, 11) is 0. The van der Waals surface area contributed by atoms with Gasteiger partial charge < -0.3 is 9.64 Å². The second kappa shape index (κ2) is 7.98. The van der Waals surface area contributed by atoms with Crippen molar-refractivity contribution >= 4 is 56.1 Å². The van der Waals surface area contributed by atoms with E-state index in [4.69, 9.17) is 4.74 Å². The van der Waals surface area contributed by atoms with Gasteiger partial charge in [0.25, 0.3) is 0 Å². The number of halogens is 3. The zero-order valence-corrected chi connectivity index (χ0v) is 17.9. The maximum Gasteiger partial charge on any atom is 0.134 e.